The highest BCUT2D eigenvalue weighted by Crippen LogP contribution is 2.22. The van der Waals surface area contributed by atoms with Crippen molar-refractivity contribution in [1.29, 1.82) is 5.26 Å². The molecule has 0 aromatic heterocycles. The van der Waals surface area contributed by atoms with Crippen molar-refractivity contribution in [3.05, 3.63) is 58.7 Å². The molecule has 0 unspecified atom stereocenters. The van der Waals surface area contributed by atoms with E-state index < -0.39 is 0 Å². The van der Waals surface area contributed by atoms with Crippen molar-refractivity contribution < 1.29 is 9.59 Å². The molecule has 0 saturated heterocycles. The van der Waals surface area contributed by atoms with E-state index in [1.807, 2.05) is 32.9 Å². The van der Waals surface area contributed by atoms with E-state index in [1.54, 1.807) is 24.3 Å². The number of nitriles is 1. The van der Waals surface area contributed by atoms with E-state index in [-0.39, 0.29) is 24.8 Å². The molecule has 0 aliphatic carbocycles. The third-order valence-corrected chi connectivity index (χ3v) is 4.17. The van der Waals surface area contributed by atoms with Gasteiger partial charge in [0.1, 0.15) is 0 Å². The van der Waals surface area contributed by atoms with Crippen molar-refractivity contribution in [2.75, 3.05) is 16.8 Å². The Labute approximate surface area is 154 Å². The molecule has 1 N–H and O–H groups in total. The molecule has 134 valence electrons. The molecule has 0 heterocycles. The Morgan fingerprint density at radius 3 is 2.35 bits per heavy atom. The zero-order valence-electron chi connectivity index (χ0n) is 15.6. The van der Waals surface area contributed by atoms with Gasteiger partial charge in [-0.2, -0.15) is 5.26 Å². The van der Waals surface area contributed by atoms with Gasteiger partial charge in [0.15, 0.2) is 0 Å². The number of carbonyl (C=O) groups is 2. The summed E-state index contributed by atoms with van der Waals surface area (Å²) in [6.45, 7) is 7.65. The number of amides is 2. The van der Waals surface area contributed by atoms with Crippen LogP contribution < -0.4 is 10.2 Å². The van der Waals surface area contributed by atoms with Crippen molar-refractivity contribution in [3.8, 4) is 6.07 Å². The predicted molar refractivity (Wildman–Crippen MR) is 103 cm³/mol. The molecule has 0 aliphatic rings. The minimum absolute atomic E-state index is 0.150. The maximum atomic E-state index is 12.4. The minimum Gasteiger partial charge on any atom is -0.326 e. The molecule has 2 aromatic rings. The van der Waals surface area contributed by atoms with Gasteiger partial charge >= 0.3 is 0 Å². The molecule has 0 fully saturated rings. The first kappa shape index (κ1) is 19.2. The molecular weight excluding hydrogens is 326 g/mol. The summed E-state index contributed by atoms with van der Waals surface area (Å²) < 4.78 is 0. The molecule has 2 amide bonds. The molecular formula is C21H23N3O2. The Morgan fingerprint density at radius 1 is 1.12 bits per heavy atom. The number of hydrogen-bond acceptors (Lipinski definition) is 3. The quantitative estimate of drug-likeness (QED) is 0.890. The van der Waals surface area contributed by atoms with Crippen molar-refractivity contribution in [2.24, 2.45) is 0 Å². The number of aryl methyl sites for hydroxylation is 3. The summed E-state index contributed by atoms with van der Waals surface area (Å²) >= 11 is 0. The summed E-state index contributed by atoms with van der Waals surface area (Å²) in [5.41, 5.74) is 5.10. The van der Waals surface area contributed by atoms with Crippen molar-refractivity contribution >= 4 is 23.2 Å². The lowest BCUT2D eigenvalue weighted by atomic mass is 10.0. The van der Waals surface area contributed by atoms with Gasteiger partial charge in [0, 0.05) is 31.3 Å². The molecule has 0 bridgehead atoms. The predicted octanol–water partition coefficient (Wildman–Crippen LogP) is 3.87. The SMILES string of the molecule is CC(=O)N(CCC(=O)Nc1c(C)cc(C)cc1C)c1cccc(C#N)c1. The lowest BCUT2D eigenvalue weighted by molar-refractivity contribution is -0.117. The van der Waals surface area contributed by atoms with E-state index >= 15 is 0 Å². The number of rotatable bonds is 5. The van der Waals surface area contributed by atoms with Crippen molar-refractivity contribution in [1.82, 2.24) is 0 Å². The molecule has 26 heavy (non-hydrogen) atoms. The summed E-state index contributed by atoms with van der Waals surface area (Å²) in [4.78, 5) is 25.9. The first-order valence-corrected chi connectivity index (χ1v) is 8.47. The lowest BCUT2D eigenvalue weighted by Crippen LogP contribution is -2.32. The fourth-order valence-electron chi connectivity index (χ4n) is 3.00. The van der Waals surface area contributed by atoms with Gasteiger partial charge in [-0.15, -0.1) is 0 Å². The van der Waals surface area contributed by atoms with Crippen molar-refractivity contribution in [2.45, 2.75) is 34.1 Å². The molecule has 0 atom stereocenters. The van der Waals surface area contributed by atoms with Gasteiger partial charge in [0.2, 0.25) is 11.8 Å². The van der Waals surface area contributed by atoms with Crippen LogP contribution in [-0.4, -0.2) is 18.4 Å². The second-order valence-electron chi connectivity index (χ2n) is 6.40. The highest BCUT2D eigenvalue weighted by molar-refractivity contribution is 5.95. The van der Waals surface area contributed by atoms with Crippen LogP contribution in [0.15, 0.2) is 36.4 Å². The van der Waals surface area contributed by atoms with Gasteiger partial charge in [-0.05, 0) is 50.1 Å². The van der Waals surface area contributed by atoms with E-state index in [0.717, 1.165) is 22.4 Å². The Balaban J connectivity index is 2.09. The first-order valence-electron chi connectivity index (χ1n) is 8.47. The molecule has 0 aliphatic heterocycles. The van der Waals surface area contributed by atoms with Crippen LogP contribution in [0.3, 0.4) is 0 Å². The number of benzene rings is 2. The summed E-state index contributed by atoms with van der Waals surface area (Å²) in [6, 6.07) is 12.9. The van der Waals surface area contributed by atoms with E-state index in [0.29, 0.717) is 11.3 Å². The topological polar surface area (TPSA) is 73.2 Å². The van der Waals surface area contributed by atoms with Crippen LogP contribution in [0.1, 0.15) is 35.6 Å². The lowest BCUT2D eigenvalue weighted by Gasteiger charge is -2.21. The number of nitrogens with zero attached hydrogens (tertiary/aromatic N) is 2. The zero-order valence-corrected chi connectivity index (χ0v) is 15.6. The van der Waals surface area contributed by atoms with Crippen LogP contribution in [-0.2, 0) is 9.59 Å². The Hall–Kier alpha value is -3.13. The molecule has 2 aromatic carbocycles. The Morgan fingerprint density at radius 2 is 1.77 bits per heavy atom. The highest BCUT2D eigenvalue weighted by Gasteiger charge is 2.15. The minimum atomic E-state index is -0.171. The molecule has 0 radical (unpaired) electrons. The fourth-order valence-corrected chi connectivity index (χ4v) is 3.00. The van der Waals surface area contributed by atoms with Crippen molar-refractivity contribution in [3.63, 3.8) is 0 Å². The number of carbonyl (C=O) groups excluding carboxylic acids is 2. The summed E-state index contributed by atoms with van der Waals surface area (Å²) in [7, 11) is 0. The number of anilines is 2. The van der Waals surface area contributed by atoms with Gasteiger partial charge in [0.25, 0.3) is 0 Å². The van der Waals surface area contributed by atoms with Crippen LogP contribution in [0.25, 0.3) is 0 Å². The third kappa shape index (κ3) is 4.70. The highest BCUT2D eigenvalue weighted by atomic mass is 16.2. The summed E-state index contributed by atoms with van der Waals surface area (Å²) in [5, 5.41) is 12.0. The average molecular weight is 349 g/mol. The zero-order chi connectivity index (χ0) is 19.3. The maximum Gasteiger partial charge on any atom is 0.226 e. The smallest absolute Gasteiger partial charge is 0.226 e. The van der Waals surface area contributed by atoms with E-state index in [4.69, 9.17) is 5.26 Å². The molecule has 5 heteroatoms. The molecule has 0 saturated carbocycles. The monoisotopic (exact) mass is 349 g/mol. The van der Waals surface area contributed by atoms with Gasteiger partial charge in [-0.25, -0.2) is 0 Å². The third-order valence-electron chi connectivity index (χ3n) is 4.17. The molecule has 0 spiro atoms. The second kappa shape index (κ2) is 8.30. The van der Waals surface area contributed by atoms with Crippen LogP contribution in [0.2, 0.25) is 0 Å². The van der Waals surface area contributed by atoms with Gasteiger partial charge in [-0.3, -0.25) is 9.59 Å². The average Bonchev–Trinajstić information content (AvgIpc) is 2.58. The number of nitrogens with one attached hydrogen (secondary N) is 1. The summed E-state index contributed by atoms with van der Waals surface area (Å²) in [6.07, 6.45) is 0.170. The van der Waals surface area contributed by atoms with E-state index in [2.05, 4.69) is 11.4 Å². The van der Waals surface area contributed by atoms with E-state index in [9.17, 15) is 9.59 Å². The standard InChI is InChI=1S/C21H23N3O2/c1-14-10-15(2)21(16(3)11-14)23-20(26)8-9-24(17(4)25)19-7-5-6-18(12-19)13-22/h5-7,10-12H,8-9H2,1-4H3,(H,23,26). The number of hydrogen-bond donors (Lipinski definition) is 1. The molecule has 2 rings (SSSR count). The largest absolute Gasteiger partial charge is 0.326 e. The van der Waals surface area contributed by atoms with Crippen LogP contribution >= 0.6 is 0 Å². The van der Waals surface area contributed by atoms with Crippen LogP contribution in [0, 0.1) is 32.1 Å². The van der Waals surface area contributed by atoms with Gasteiger partial charge in [0.05, 0.1) is 11.6 Å². The maximum absolute atomic E-state index is 12.4. The first-order chi connectivity index (χ1) is 12.3. The molecule has 5 nitrogen and oxygen atoms in total. The van der Waals surface area contributed by atoms with Crippen LogP contribution in [0.5, 0.6) is 0 Å². The van der Waals surface area contributed by atoms with Gasteiger partial charge in [-0.1, -0.05) is 23.8 Å². The van der Waals surface area contributed by atoms with Crippen LogP contribution in [0.4, 0.5) is 11.4 Å². The second-order valence-corrected chi connectivity index (χ2v) is 6.40. The van der Waals surface area contributed by atoms with E-state index in [1.165, 1.54) is 11.8 Å². The fraction of sp³-hybridized carbons (Fsp3) is 0.286. The Bertz CT molecular complexity index is 858. The normalized spacial score (nSPS) is 10.1. The Kier molecular flexibility index (Phi) is 6.13. The summed E-state index contributed by atoms with van der Waals surface area (Å²) in [5.74, 6) is -0.321. The van der Waals surface area contributed by atoms with Gasteiger partial charge < -0.3 is 10.2 Å².